The molecular formula is C20H24N4O2. The van der Waals surface area contributed by atoms with Gasteiger partial charge in [-0.05, 0) is 43.9 Å². The van der Waals surface area contributed by atoms with Gasteiger partial charge >= 0.3 is 0 Å². The molecule has 136 valence electrons. The highest BCUT2D eigenvalue weighted by Crippen LogP contribution is 2.30. The van der Waals surface area contributed by atoms with E-state index >= 15 is 0 Å². The summed E-state index contributed by atoms with van der Waals surface area (Å²) >= 11 is 0. The summed E-state index contributed by atoms with van der Waals surface area (Å²) in [5.74, 6) is 3.12. The molecule has 0 radical (unpaired) electrons. The zero-order valence-electron chi connectivity index (χ0n) is 15.1. The molecule has 6 nitrogen and oxygen atoms in total. The average molecular weight is 352 g/mol. The Hall–Kier alpha value is -2.63. The number of benzene rings is 1. The first kappa shape index (κ1) is 16.8. The SMILES string of the molecule is Cc1nccc(N2CCN(C(=O)c3ccccc3OCC3CC3)CC2)n1. The van der Waals surface area contributed by atoms with Gasteiger partial charge in [0, 0.05) is 32.4 Å². The highest BCUT2D eigenvalue weighted by atomic mass is 16.5. The summed E-state index contributed by atoms with van der Waals surface area (Å²) in [6.45, 7) is 5.51. The molecule has 2 aromatic rings. The standard InChI is InChI=1S/C20H24N4O2/c1-15-21-9-8-19(22-15)23-10-12-24(13-11-23)20(25)17-4-2-3-5-18(17)26-14-16-6-7-16/h2-5,8-9,16H,6-7,10-14H2,1H3. The van der Waals surface area contributed by atoms with Crippen LogP contribution in [0.25, 0.3) is 0 Å². The number of piperazine rings is 1. The number of hydrogen-bond donors (Lipinski definition) is 0. The van der Waals surface area contributed by atoms with E-state index in [1.54, 1.807) is 6.20 Å². The zero-order valence-corrected chi connectivity index (χ0v) is 15.1. The Bertz CT molecular complexity index is 783. The van der Waals surface area contributed by atoms with Crippen LogP contribution in [0.5, 0.6) is 5.75 Å². The molecule has 26 heavy (non-hydrogen) atoms. The Morgan fingerprint density at radius 3 is 2.65 bits per heavy atom. The van der Waals surface area contributed by atoms with Gasteiger partial charge in [-0.25, -0.2) is 9.97 Å². The fourth-order valence-corrected chi connectivity index (χ4v) is 3.19. The molecule has 0 spiro atoms. The summed E-state index contributed by atoms with van der Waals surface area (Å²) in [6.07, 6.45) is 4.25. The molecule has 1 saturated heterocycles. The summed E-state index contributed by atoms with van der Waals surface area (Å²) in [7, 11) is 0. The fraction of sp³-hybridized carbons (Fsp3) is 0.450. The Morgan fingerprint density at radius 1 is 1.15 bits per heavy atom. The number of nitrogens with zero attached hydrogens (tertiary/aromatic N) is 4. The highest BCUT2D eigenvalue weighted by Gasteiger charge is 2.26. The minimum Gasteiger partial charge on any atom is -0.492 e. The van der Waals surface area contributed by atoms with Gasteiger partial charge in [-0.15, -0.1) is 0 Å². The smallest absolute Gasteiger partial charge is 0.257 e. The van der Waals surface area contributed by atoms with Crippen LogP contribution in [0.2, 0.25) is 0 Å². The minimum absolute atomic E-state index is 0.0508. The van der Waals surface area contributed by atoms with E-state index in [2.05, 4.69) is 14.9 Å². The molecule has 0 atom stereocenters. The van der Waals surface area contributed by atoms with Gasteiger partial charge in [0.15, 0.2) is 0 Å². The van der Waals surface area contributed by atoms with Gasteiger partial charge in [0.1, 0.15) is 17.4 Å². The van der Waals surface area contributed by atoms with Crippen LogP contribution in [0.3, 0.4) is 0 Å². The average Bonchev–Trinajstić information content (AvgIpc) is 3.51. The van der Waals surface area contributed by atoms with Gasteiger partial charge in [0.25, 0.3) is 5.91 Å². The molecule has 2 fully saturated rings. The number of amides is 1. The summed E-state index contributed by atoms with van der Waals surface area (Å²) in [4.78, 5) is 25.7. The first-order valence-corrected chi connectivity index (χ1v) is 9.26. The number of aromatic nitrogens is 2. The highest BCUT2D eigenvalue weighted by molar-refractivity contribution is 5.97. The molecule has 0 bridgehead atoms. The molecule has 0 unspecified atom stereocenters. The van der Waals surface area contributed by atoms with Crippen LogP contribution < -0.4 is 9.64 Å². The fourth-order valence-electron chi connectivity index (χ4n) is 3.19. The number of anilines is 1. The van der Waals surface area contributed by atoms with E-state index in [0.717, 1.165) is 24.7 Å². The van der Waals surface area contributed by atoms with Crippen molar-refractivity contribution in [1.82, 2.24) is 14.9 Å². The van der Waals surface area contributed by atoms with Crippen LogP contribution in [-0.2, 0) is 0 Å². The number of aryl methyl sites for hydroxylation is 1. The molecule has 4 rings (SSSR count). The lowest BCUT2D eigenvalue weighted by Gasteiger charge is -2.35. The van der Waals surface area contributed by atoms with Crippen LogP contribution >= 0.6 is 0 Å². The van der Waals surface area contributed by atoms with E-state index in [0.29, 0.717) is 36.9 Å². The molecule has 1 aliphatic carbocycles. The van der Waals surface area contributed by atoms with E-state index < -0.39 is 0 Å². The normalized spacial score (nSPS) is 17.3. The van der Waals surface area contributed by atoms with E-state index in [-0.39, 0.29) is 5.91 Å². The molecule has 0 N–H and O–H groups in total. The first-order valence-electron chi connectivity index (χ1n) is 9.26. The van der Waals surface area contributed by atoms with Crippen molar-refractivity contribution in [3.8, 4) is 5.75 Å². The van der Waals surface area contributed by atoms with Crippen molar-refractivity contribution in [3.05, 3.63) is 47.9 Å². The van der Waals surface area contributed by atoms with Crippen molar-refractivity contribution >= 4 is 11.7 Å². The molecule has 1 aliphatic heterocycles. The molecule has 6 heteroatoms. The van der Waals surface area contributed by atoms with Gasteiger partial charge in [0.05, 0.1) is 12.2 Å². The van der Waals surface area contributed by atoms with Crippen molar-refractivity contribution in [2.75, 3.05) is 37.7 Å². The largest absolute Gasteiger partial charge is 0.492 e. The van der Waals surface area contributed by atoms with Crippen LogP contribution in [-0.4, -0.2) is 53.6 Å². The van der Waals surface area contributed by atoms with Crippen LogP contribution in [0.1, 0.15) is 29.0 Å². The molecular weight excluding hydrogens is 328 g/mol. The van der Waals surface area contributed by atoms with Crippen LogP contribution in [0.15, 0.2) is 36.5 Å². The minimum atomic E-state index is 0.0508. The summed E-state index contributed by atoms with van der Waals surface area (Å²) in [5, 5.41) is 0. The Kier molecular flexibility index (Phi) is 4.73. The first-order chi connectivity index (χ1) is 12.7. The molecule has 2 heterocycles. The number of carbonyl (C=O) groups excluding carboxylic acids is 1. The predicted octanol–water partition coefficient (Wildman–Crippen LogP) is 2.54. The van der Waals surface area contributed by atoms with Crippen molar-refractivity contribution < 1.29 is 9.53 Å². The Morgan fingerprint density at radius 2 is 1.92 bits per heavy atom. The van der Waals surface area contributed by atoms with Gasteiger partial charge in [-0.3, -0.25) is 4.79 Å². The van der Waals surface area contributed by atoms with Crippen molar-refractivity contribution in [1.29, 1.82) is 0 Å². The van der Waals surface area contributed by atoms with Gasteiger partial charge in [0.2, 0.25) is 0 Å². The monoisotopic (exact) mass is 352 g/mol. The van der Waals surface area contributed by atoms with Crippen molar-refractivity contribution in [2.24, 2.45) is 5.92 Å². The van der Waals surface area contributed by atoms with E-state index in [4.69, 9.17) is 4.74 Å². The number of hydrogen-bond acceptors (Lipinski definition) is 5. The van der Waals surface area contributed by atoms with Crippen LogP contribution in [0, 0.1) is 12.8 Å². The Balaban J connectivity index is 1.40. The topological polar surface area (TPSA) is 58.6 Å². The lowest BCUT2D eigenvalue weighted by molar-refractivity contribution is 0.0741. The lowest BCUT2D eigenvalue weighted by atomic mass is 10.1. The number of rotatable bonds is 5. The maximum Gasteiger partial charge on any atom is 0.257 e. The third-order valence-electron chi connectivity index (χ3n) is 4.94. The second-order valence-electron chi connectivity index (χ2n) is 6.99. The molecule has 1 aromatic heterocycles. The second-order valence-corrected chi connectivity index (χ2v) is 6.99. The van der Waals surface area contributed by atoms with Crippen molar-refractivity contribution in [2.45, 2.75) is 19.8 Å². The summed E-state index contributed by atoms with van der Waals surface area (Å²) in [5.41, 5.74) is 0.666. The lowest BCUT2D eigenvalue weighted by Crippen LogP contribution is -2.49. The maximum absolute atomic E-state index is 13.0. The van der Waals surface area contributed by atoms with Gasteiger partial charge in [-0.1, -0.05) is 12.1 Å². The number of para-hydroxylation sites is 1. The van der Waals surface area contributed by atoms with E-state index in [1.807, 2.05) is 42.2 Å². The number of carbonyl (C=O) groups is 1. The quantitative estimate of drug-likeness (QED) is 0.828. The summed E-state index contributed by atoms with van der Waals surface area (Å²) in [6, 6.07) is 9.51. The van der Waals surface area contributed by atoms with Crippen molar-refractivity contribution in [3.63, 3.8) is 0 Å². The van der Waals surface area contributed by atoms with Gasteiger partial charge in [-0.2, -0.15) is 0 Å². The van der Waals surface area contributed by atoms with Gasteiger partial charge < -0.3 is 14.5 Å². The molecule has 2 aliphatic rings. The summed E-state index contributed by atoms with van der Waals surface area (Å²) < 4.78 is 5.90. The van der Waals surface area contributed by atoms with Crippen LogP contribution in [0.4, 0.5) is 5.82 Å². The third-order valence-corrected chi connectivity index (χ3v) is 4.94. The number of ether oxygens (including phenoxy) is 1. The third kappa shape index (κ3) is 3.79. The molecule has 1 saturated carbocycles. The maximum atomic E-state index is 13.0. The van der Waals surface area contributed by atoms with E-state index in [9.17, 15) is 4.79 Å². The molecule has 1 aromatic carbocycles. The molecule has 1 amide bonds. The Labute approximate surface area is 153 Å². The predicted molar refractivity (Wildman–Crippen MR) is 99.5 cm³/mol. The van der Waals surface area contributed by atoms with E-state index in [1.165, 1.54) is 12.8 Å². The zero-order chi connectivity index (χ0) is 17.9. The second kappa shape index (κ2) is 7.32.